The van der Waals surface area contributed by atoms with Gasteiger partial charge in [-0.3, -0.25) is 4.79 Å². The summed E-state index contributed by atoms with van der Waals surface area (Å²) in [5.41, 5.74) is 4.57. The van der Waals surface area contributed by atoms with Crippen molar-refractivity contribution in [2.75, 3.05) is 13.1 Å². The number of pyridine rings is 1. The number of amides is 1. The SMILES string of the molecule is Cc1cccn2cc(C(=O)N3CCC[C@H](c4nc5ccccc5n4C)C3)nc12. The van der Waals surface area contributed by atoms with Crippen molar-refractivity contribution < 1.29 is 4.79 Å². The molecule has 5 rings (SSSR count). The lowest BCUT2D eigenvalue weighted by atomic mass is 9.97. The van der Waals surface area contributed by atoms with Crippen molar-refractivity contribution in [1.29, 1.82) is 0 Å². The summed E-state index contributed by atoms with van der Waals surface area (Å²) < 4.78 is 4.09. The lowest BCUT2D eigenvalue weighted by Crippen LogP contribution is -2.39. The number of rotatable bonds is 2. The predicted octanol–water partition coefficient (Wildman–Crippen LogP) is 3.55. The summed E-state index contributed by atoms with van der Waals surface area (Å²) in [6.45, 7) is 3.47. The van der Waals surface area contributed by atoms with E-state index >= 15 is 0 Å². The molecule has 1 aliphatic rings. The van der Waals surface area contributed by atoms with Crippen LogP contribution in [0.3, 0.4) is 0 Å². The Labute approximate surface area is 163 Å². The van der Waals surface area contributed by atoms with E-state index in [1.807, 2.05) is 58.9 Å². The van der Waals surface area contributed by atoms with Crippen LogP contribution >= 0.6 is 0 Å². The highest BCUT2D eigenvalue weighted by Crippen LogP contribution is 2.29. The monoisotopic (exact) mass is 373 g/mol. The molecule has 0 radical (unpaired) electrons. The van der Waals surface area contributed by atoms with Crippen LogP contribution in [0.2, 0.25) is 0 Å². The molecule has 1 saturated heterocycles. The van der Waals surface area contributed by atoms with Gasteiger partial charge in [0, 0.05) is 38.4 Å². The molecule has 4 heterocycles. The number of para-hydroxylation sites is 2. The minimum atomic E-state index is 0.00608. The maximum absolute atomic E-state index is 13.1. The number of aryl methyl sites for hydroxylation is 2. The number of benzene rings is 1. The van der Waals surface area contributed by atoms with Gasteiger partial charge in [-0.2, -0.15) is 0 Å². The Balaban J connectivity index is 1.43. The van der Waals surface area contributed by atoms with Gasteiger partial charge in [0.05, 0.1) is 11.0 Å². The van der Waals surface area contributed by atoms with E-state index in [0.717, 1.165) is 47.5 Å². The Kier molecular flexibility index (Phi) is 3.93. The highest BCUT2D eigenvalue weighted by Gasteiger charge is 2.29. The molecule has 6 heteroatoms. The summed E-state index contributed by atoms with van der Waals surface area (Å²) >= 11 is 0. The van der Waals surface area contributed by atoms with E-state index in [4.69, 9.17) is 4.98 Å². The molecular formula is C22H23N5O. The standard InChI is InChI=1S/C22H23N5O/c1-15-7-5-11-26-14-18(24-20(15)26)22(28)27-12-6-8-16(13-27)21-23-17-9-3-4-10-19(17)25(21)2/h3-5,7,9-11,14,16H,6,8,12-13H2,1-2H3/t16-/m0/s1. The molecule has 0 bridgehead atoms. The molecule has 0 N–H and O–H groups in total. The van der Waals surface area contributed by atoms with Crippen LogP contribution < -0.4 is 0 Å². The van der Waals surface area contributed by atoms with Crippen molar-refractivity contribution in [2.24, 2.45) is 7.05 Å². The van der Waals surface area contributed by atoms with E-state index in [1.54, 1.807) is 0 Å². The lowest BCUT2D eigenvalue weighted by molar-refractivity contribution is 0.0698. The van der Waals surface area contributed by atoms with Gasteiger partial charge in [0.2, 0.25) is 0 Å². The Bertz CT molecular complexity index is 1190. The minimum Gasteiger partial charge on any atom is -0.337 e. The van der Waals surface area contributed by atoms with Gasteiger partial charge in [-0.15, -0.1) is 0 Å². The molecule has 0 saturated carbocycles. The summed E-state index contributed by atoms with van der Waals surface area (Å²) in [5, 5.41) is 0. The third kappa shape index (κ3) is 2.68. The molecule has 3 aromatic heterocycles. The number of carbonyl (C=O) groups is 1. The van der Waals surface area contributed by atoms with Gasteiger partial charge < -0.3 is 13.9 Å². The van der Waals surface area contributed by atoms with E-state index in [-0.39, 0.29) is 11.8 Å². The van der Waals surface area contributed by atoms with Crippen molar-refractivity contribution in [2.45, 2.75) is 25.7 Å². The number of nitrogens with zero attached hydrogens (tertiary/aromatic N) is 5. The van der Waals surface area contributed by atoms with Crippen LogP contribution in [0, 0.1) is 6.92 Å². The second-order valence-corrected chi connectivity index (χ2v) is 7.66. The van der Waals surface area contributed by atoms with Crippen molar-refractivity contribution in [3.63, 3.8) is 0 Å². The predicted molar refractivity (Wildman–Crippen MR) is 109 cm³/mol. The zero-order valence-corrected chi connectivity index (χ0v) is 16.2. The number of hydrogen-bond acceptors (Lipinski definition) is 3. The fourth-order valence-electron chi connectivity index (χ4n) is 4.32. The molecule has 142 valence electrons. The first-order chi connectivity index (χ1) is 13.6. The van der Waals surface area contributed by atoms with Crippen LogP contribution in [0.5, 0.6) is 0 Å². The first-order valence-electron chi connectivity index (χ1n) is 9.77. The quantitative estimate of drug-likeness (QED) is 0.540. The molecular weight excluding hydrogens is 350 g/mol. The molecule has 1 fully saturated rings. The van der Waals surface area contributed by atoms with E-state index < -0.39 is 0 Å². The molecule has 28 heavy (non-hydrogen) atoms. The average molecular weight is 373 g/mol. The number of carbonyl (C=O) groups excluding carboxylic acids is 1. The van der Waals surface area contributed by atoms with Gasteiger partial charge in [0.25, 0.3) is 5.91 Å². The number of imidazole rings is 2. The van der Waals surface area contributed by atoms with Crippen LogP contribution in [-0.4, -0.2) is 42.8 Å². The van der Waals surface area contributed by atoms with Gasteiger partial charge in [-0.25, -0.2) is 9.97 Å². The molecule has 4 aromatic rings. The number of likely N-dealkylation sites (tertiary alicyclic amines) is 1. The maximum Gasteiger partial charge on any atom is 0.274 e. The number of hydrogen-bond donors (Lipinski definition) is 0. The summed E-state index contributed by atoms with van der Waals surface area (Å²) in [6.07, 6.45) is 5.80. The summed E-state index contributed by atoms with van der Waals surface area (Å²) in [6, 6.07) is 12.2. The van der Waals surface area contributed by atoms with Crippen molar-refractivity contribution in [3.05, 3.63) is 65.9 Å². The molecule has 1 aliphatic heterocycles. The Hall–Kier alpha value is -3.15. The van der Waals surface area contributed by atoms with Gasteiger partial charge >= 0.3 is 0 Å². The third-order valence-electron chi connectivity index (χ3n) is 5.79. The fourth-order valence-corrected chi connectivity index (χ4v) is 4.32. The van der Waals surface area contributed by atoms with E-state index in [1.165, 1.54) is 0 Å². The number of fused-ring (bicyclic) bond motifs is 2. The van der Waals surface area contributed by atoms with Crippen molar-refractivity contribution in [1.82, 2.24) is 23.8 Å². The largest absolute Gasteiger partial charge is 0.337 e. The zero-order chi connectivity index (χ0) is 19.3. The third-order valence-corrected chi connectivity index (χ3v) is 5.79. The van der Waals surface area contributed by atoms with Crippen LogP contribution in [-0.2, 0) is 7.05 Å². The lowest BCUT2D eigenvalue weighted by Gasteiger charge is -2.32. The number of aromatic nitrogens is 4. The first-order valence-corrected chi connectivity index (χ1v) is 9.77. The molecule has 6 nitrogen and oxygen atoms in total. The van der Waals surface area contributed by atoms with Gasteiger partial charge in [-0.05, 0) is 43.5 Å². The molecule has 0 aliphatic carbocycles. The van der Waals surface area contributed by atoms with Crippen LogP contribution in [0.1, 0.15) is 40.6 Å². The van der Waals surface area contributed by atoms with E-state index in [9.17, 15) is 4.79 Å². The molecule has 0 spiro atoms. The summed E-state index contributed by atoms with van der Waals surface area (Å²) in [4.78, 5) is 24.5. The molecule has 1 amide bonds. The second kappa shape index (κ2) is 6.48. The summed E-state index contributed by atoms with van der Waals surface area (Å²) in [5.74, 6) is 1.31. The van der Waals surface area contributed by atoms with E-state index in [2.05, 4.69) is 22.7 Å². The molecule has 1 aromatic carbocycles. The molecule has 1 atom stereocenters. The van der Waals surface area contributed by atoms with Crippen LogP contribution in [0.25, 0.3) is 16.7 Å². The smallest absolute Gasteiger partial charge is 0.274 e. The van der Waals surface area contributed by atoms with Crippen LogP contribution in [0.4, 0.5) is 0 Å². The average Bonchev–Trinajstić information content (AvgIpc) is 3.30. The van der Waals surface area contributed by atoms with Crippen molar-refractivity contribution in [3.8, 4) is 0 Å². The van der Waals surface area contributed by atoms with Gasteiger partial charge in [0.1, 0.15) is 17.2 Å². The highest BCUT2D eigenvalue weighted by atomic mass is 16.2. The normalized spacial score (nSPS) is 17.5. The highest BCUT2D eigenvalue weighted by molar-refractivity contribution is 5.93. The minimum absolute atomic E-state index is 0.00608. The Morgan fingerprint density at radius 2 is 2.00 bits per heavy atom. The van der Waals surface area contributed by atoms with E-state index in [0.29, 0.717) is 12.2 Å². The zero-order valence-electron chi connectivity index (χ0n) is 16.2. The summed E-state index contributed by atoms with van der Waals surface area (Å²) in [7, 11) is 2.07. The van der Waals surface area contributed by atoms with Crippen molar-refractivity contribution >= 4 is 22.6 Å². The second-order valence-electron chi connectivity index (χ2n) is 7.66. The Morgan fingerprint density at radius 1 is 1.14 bits per heavy atom. The van der Waals surface area contributed by atoms with Gasteiger partial charge in [-0.1, -0.05) is 18.2 Å². The van der Waals surface area contributed by atoms with Gasteiger partial charge in [0.15, 0.2) is 0 Å². The fraction of sp³-hybridized carbons (Fsp3) is 0.318. The van der Waals surface area contributed by atoms with Crippen LogP contribution in [0.15, 0.2) is 48.8 Å². The topological polar surface area (TPSA) is 55.4 Å². The maximum atomic E-state index is 13.1. The number of piperidine rings is 1. The molecule has 0 unspecified atom stereocenters. The first kappa shape index (κ1) is 17.0. The Morgan fingerprint density at radius 3 is 2.82 bits per heavy atom.